The van der Waals surface area contributed by atoms with E-state index in [2.05, 4.69) is 66.1 Å². The van der Waals surface area contributed by atoms with Gasteiger partial charge in [0.2, 0.25) is 0 Å². The van der Waals surface area contributed by atoms with E-state index in [1.165, 1.54) is 43.2 Å². The zero-order chi connectivity index (χ0) is 21.6. The lowest BCUT2D eigenvalue weighted by molar-refractivity contribution is 0.399. The van der Waals surface area contributed by atoms with Crippen molar-refractivity contribution in [3.63, 3.8) is 0 Å². The van der Waals surface area contributed by atoms with Crippen molar-refractivity contribution in [3.8, 4) is 5.75 Å². The first-order valence-electron chi connectivity index (χ1n) is 11.3. The molecule has 1 heterocycles. The van der Waals surface area contributed by atoms with Crippen molar-refractivity contribution in [3.05, 3.63) is 35.2 Å². The number of nitrogens with one attached hydrogen (secondary N) is 1. The maximum atomic E-state index is 5.39. The van der Waals surface area contributed by atoms with E-state index in [0.717, 1.165) is 47.9 Å². The summed E-state index contributed by atoms with van der Waals surface area (Å²) in [6.45, 7) is 8.72. The van der Waals surface area contributed by atoms with Gasteiger partial charge in [-0.2, -0.15) is 0 Å². The Morgan fingerprint density at radius 1 is 1.17 bits per heavy atom. The van der Waals surface area contributed by atoms with E-state index >= 15 is 0 Å². The first-order valence-corrected chi connectivity index (χ1v) is 12.3. The van der Waals surface area contributed by atoms with Crippen LogP contribution in [0.5, 0.6) is 5.75 Å². The molecule has 1 N–H and O–H groups in total. The molecule has 2 aromatic rings. The lowest BCUT2D eigenvalue weighted by atomic mass is 9.81. The van der Waals surface area contributed by atoms with Crippen LogP contribution in [0.3, 0.4) is 0 Å². The van der Waals surface area contributed by atoms with Gasteiger partial charge >= 0.3 is 0 Å². The quantitative estimate of drug-likeness (QED) is 0.434. The van der Waals surface area contributed by atoms with Crippen molar-refractivity contribution in [2.75, 3.05) is 26.0 Å². The van der Waals surface area contributed by atoms with E-state index in [1.54, 1.807) is 18.9 Å². The van der Waals surface area contributed by atoms with Crippen LogP contribution in [0, 0.1) is 5.92 Å². The highest BCUT2D eigenvalue weighted by Crippen LogP contribution is 2.30. The van der Waals surface area contributed by atoms with Crippen molar-refractivity contribution in [2.24, 2.45) is 13.0 Å². The predicted octanol–water partition coefficient (Wildman–Crippen LogP) is 4.78. The Morgan fingerprint density at radius 2 is 1.97 bits per heavy atom. The Kier molecular flexibility index (Phi) is 8.23. The topological polar surface area (TPSA) is 52.0 Å². The fourth-order valence-corrected chi connectivity index (χ4v) is 5.13. The van der Waals surface area contributed by atoms with Crippen LogP contribution in [0.25, 0.3) is 0 Å². The molecule has 1 unspecified atom stereocenters. The highest BCUT2D eigenvalue weighted by molar-refractivity contribution is 7.99. The van der Waals surface area contributed by atoms with E-state index in [0.29, 0.717) is 0 Å². The minimum Gasteiger partial charge on any atom is -0.497 e. The van der Waals surface area contributed by atoms with Crippen molar-refractivity contribution in [1.29, 1.82) is 0 Å². The van der Waals surface area contributed by atoms with Gasteiger partial charge in [0, 0.05) is 18.2 Å². The van der Waals surface area contributed by atoms with Crippen LogP contribution >= 0.6 is 11.8 Å². The molecule has 1 atom stereocenters. The summed E-state index contributed by atoms with van der Waals surface area (Å²) in [6, 6.07) is 6.57. The normalized spacial score (nSPS) is 16.5. The van der Waals surface area contributed by atoms with Crippen LogP contribution in [0.15, 0.2) is 23.4 Å². The molecule has 0 saturated carbocycles. The third kappa shape index (κ3) is 6.24. The van der Waals surface area contributed by atoms with E-state index in [1.807, 2.05) is 0 Å². The second kappa shape index (κ2) is 10.7. The zero-order valence-corrected chi connectivity index (χ0v) is 20.1. The molecule has 0 saturated heterocycles. The number of aromatic nitrogens is 3. The minimum atomic E-state index is 0.0363. The third-order valence-electron chi connectivity index (χ3n) is 5.94. The molecule has 3 rings (SSSR count). The van der Waals surface area contributed by atoms with E-state index in [4.69, 9.17) is 4.74 Å². The number of nitrogens with zero attached hydrogens (tertiary/aromatic N) is 3. The van der Waals surface area contributed by atoms with Gasteiger partial charge in [-0.25, -0.2) is 0 Å². The second-order valence-electron chi connectivity index (χ2n) is 9.45. The molecular weight excluding hydrogens is 392 g/mol. The SMILES string of the molecule is COc1ccc2c(c1)CC(CCCNCCCSc1nnc(C(C)(C)C)n1C)CC2. The van der Waals surface area contributed by atoms with Crippen molar-refractivity contribution >= 4 is 11.8 Å². The Labute approximate surface area is 186 Å². The lowest BCUT2D eigenvalue weighted by Crippen LogP contribution is -2.20. The average molecular weight is 431 g/mol. The maximum Gasteiger partial charge on any atom is 0.190 e. The van der Waals surface area contributed by atoms with Gasteiger partial charge in [-0.05, 0) is 80.8 Å². The summed E-state index contributed by atoms with van der Waals surface area (Å²) >= 11 is 1.81. The minimum absolute atomic E-state index is 0.0363. The van der Waals surface area contributed by atoms with Crippen LogP contribution in [0.1, 0.15) is 63.4 Å². The number of rotatable bonds is 10. The number of benzene rings is 1. The average Bonchev–Trinajstić information content (AvgIpc) is 3.10. The highest BCUT2D eigenvalue weighted by Gasteiger charge is 2.22. The van der Waals surface area contributed by atoms with Gasteiger partial charge in [-0.15, -0.1) is 10.2 Å². The largest absolute Gasteiger partial charge is 0.497 e. The number of hydrogen-bond donors (Lipinski definition) is 1. The molecule has 1 aromatic carbocycles. The summed E-state index contributed by atoms with van der Waals surface area (Å²) in [5.41, 5.74) is 3.04. The molecule has 1 aliphatic carbocycles. The van der Waals surface area contributed by atoms with Crippen LogP contribution in [-0.2, 0) is 25.3 Å². The van der Waals surface area contributed by atoms with E-state index < -0.39 is 0 Å². The number of thioether (sulfide) groups is 1. The summed E-state index contributed by atoms with van der Waals surface area (Å²) in [6.07, 6.45) is 7.47. The van der Waals surface area contributed by atoms with Crippen LogP contribution in [0.4, 0.5) is 0 Å². The van der Waals surface area contributed by atoms with E-state index in [-0.39, 0.29) is 5.41 Å². The summed E-state index contributed by atoms with van der Waals surface area (Å²) < 4.78 is 7.53. The molecule has 0 radical (unpaired) electrons. The summed E-state index contributed by atoms with van der Waals surface area (Å²) in [7, 11) is 3.82. The van der Waals surface area contributed by atoms with Gasteiger partial charge in [0.05, 0.1) is 7.11 Å². The van der Waals surface area contributed by atoms with Crippen molar-refractivity contribution < 1.29 is 4.74 Å². The zero-order valence-electron chi connectivity index (χ0n) is 19.3. The van der Waals surface area contributed by atoms with Crippen LogP contribution in [-0.4, -0.2) is 40.7 Å². The maximum absolute atomic E-state index is 5.39. The Balaban J connectivity index is 1.27. The van der Waals surface area contributed by atoms with Crippen molar-refractivity contribution in [1.82, 2.24) is 20.1 Å². The van der Waals surface area contributed by atoms with Gasteiger partial charge in [0.15, 0.2) is 5.16 Å². The standard InChI is InChI=1S/C24H38N4OS/c1-24(2,3)22-26-27-23(28(22)4)30-15-7-14-25-13-6-8-18-9-10-19-11-12-21(29-5)17-20(19)16-18/h11-12,17-18,25H,6-10,13-16H2,1-5H3. The first-order chi connectivity index (χ1) is 14.4. The third-order valence-corrected chi connectivity index (χ3v) is 7.05. The molecule has 5 nitrogen and oxygen atoms in total. The van der Waals surface area contributed by atoms with Gasteiger partial charge in [-0.1, -0.05) is 38.6 Å². The van der Waals surface area contributed by atoms with Gasteiger partial charge in [0.25, 0.3) is 0 Å². The lowest BCUT2D eigenvalue weighted by Gasteiger charge is -2.25. The molecule has 1 aromatic heterocycles. The molecule has 0 amide bonds. The number of methoxy groups -OCH3 is 1. The van der Waals surface area contributed by atoms with E-state index in [9.17, 15) is 0 Å². The number of fused-ring (bicyclic) bond motifs is 1. The molecule has 30 heavy (non-hydrogen) atoms. The monoisotopic (exact) mass is 430 g/mol. The summed E-state index contributed by atoms with van der Waals surface area (Å²) in [4.78, 5) is 0. The molecule has 0 bridgehead atoms. The van der Waals surface area contributed by atoms with Crippen molar-refractivity contribution in [2.45, 2.75) is 69.9 Å². The molecule has 6 heteroatoms. The Bertz CT molecular complexity index is 812. The fraction of sp³-hybridized carbons (Fsp3) is 0.667. The second-order valence-corrected chi connectivity index (χ2v) is 10.5. The number of ether oxygens (including phenoxy) is 1. The highest BCUT2D eigenvalue weighted by atomic mass is 32.2. The smallest absolute Gasteiger partial charge is 0.190 e. The Morgan fingerprint density at radius 3 is 2.70 bits per heavy atom. The molecule has 0 fully saturated rings. The van der Waals surface area contributed by atoms with Crippen LogP contribution in [0.2, 0.25) is 0 Å². The number of hydrogen-bond acceptors (Lipinski definition) is 5. The molecular formula is C24H38N4OS. The van der Waals surface area contributed by atoms with Crippen LogP contribution < -0.4 is 10.1 Å². The van der Waals surface area contributed by atoms with Gasteiger partial charge in [0.1, 0.15) is 11.6 Å². The molecule has 0 spiro atoms. The summed E-state index contributed by atoms with van der Waals surface area (Å²) in [5.74, 6) is 3.93. The first kappa shape index (κ1) is 23.1. The predicted molar refractivity (Wildman–Crippen MR) is 126 cm³/mol. The van der Waals surface area contributed by atoms with Gasteiger partial charge in [-0.3, -0.25) is 0 Å². The Hall–Kier alpha value is -1.53. The number of aryl methyl sites for hydroxylation is 1. The summed E-state index contributed by atoms with van der Waals surface area (Å²) in [5, 5.41) is 13.4. The molecule has 1 aliphatic rings. The fourth-order valence-electron chi connectivity index (χ4n) is 4.28. The molecule has 166 valence electrons. The van der Waals surface area contributed by atoms with Gasteiger partial charge < -0.3 is 14.6 Å². The molecule has 0 aliphatic heterocycles.